The highest BCUT2D eigenvalue weighted by molar-refractivity contribution is 8.09. The summed E-state index contributed by atoms with van der Waals surface area (Å²) in [6.07, 6.45) is 5.73. The Kier molecular flexibility index (Phi) is 2.68. The molecule has 0 aliphatic heterocycles. The van der Waals surface area contributed by atoms with E-state index in [-0.39, 0.29) is 4.58 Å². The van der Waals surface area contributed by atoms with Crippen LogP contribution in [0.2, 0.25) is 0 Å². The maximum atomic E-state index is 4.33. The summed E-state index contributed by atoms with van der Waals surface area (Å²) in [7, 11) is 1.97. The molecule has 0 amide bonds. The molecule has 0 saturated carbocycles. The van der Waals surface area contributed by atoms with Crippen molar-refractivity contribution in [3.05, 3.63) is 18.2 Å². The number of hydrogen-bond acceptors (Lipinski definition) is 3. The van der Waals surface area contributed by atoms with Gasteiger partial charge in [-0.25, -0.2) is 4.98 Å². The van der Waals surface area contributed by atoms with Gasteiger partial charge >= 0.3 is 0 Å². The van der Waals surface area contributed by atoms with Crippen LogP contribution in [0.15, 0.2) is 12.4 Å². The quantitative estimate of drug-likeness (QED) is 0.543. The Labute approximate surface area is 70.4 Å². The molecule has 0 spiro atoms. The molecule has 1 aromatic rings. The van der Waals surface area contributed by atoms with E-state index < -0.39 is 0 Å². The zero-order chi connectivity index (χ0) is 7.56. The number of thioether (sulfide) groups is 1. The van der Waals surface area contributed by atoms with E-state index in [1.807, 2.05) is 24.1 Å². The van der Waals surface area contributed by atoms with E-state index in [2.05, 4.69) is 17.6 Å². The molecule has 4 heteroatoms. The average molecular weight is 174 g/mol. The van der Waals surface area contributed by atoms with E-state index in [9.17, 15) is 0 Å². The van der Waals surface area contributed by atoms with Crippen molar-refractivity contribution in [3.63, 3.8) is 0 Å². The van der Waals surface area contributed by atoms with Crippen LogP contribution in [0.1, 0.15) is 10.4 Å². The van der Waals surface area contributed by atoms with E-state index in [4.69, 9.17) is 0 Å². The molecule has 0 radical (unpaired) electrons. The van der Waals surface area contributed by atoms with E-state index in [0.29, 0.717) is 0 Å². The van der Waals surface area contributed by atoms with Crippen molar-refractivity contribution in [2.75, 3.05) is 6.26 Å². The molecule has 0 aliphatic rings. The largest absolute Gasteiger partial charge is 0.336 e. The fourth-order valence-electron chi connectivity index (χ4n) is 0.721. The molecular formula is C6H10N2S2. The van der Waals surface area contributed by atoms with Gasteiger partial charge in [0.15, 0.2) is 0 Å². The predicted molar refractivity (Wildman–Crippen MR) is 48.5 cm³/mol. The van der Waals surface area contributed by atoms with Gasteiger partial charge in [0, 0.05) is 19.4 Å². The highest BCUT2D eigenvalue weighted by Crippen LogP contribution is 2.27. The Hall–Kier alpha value is -0.0900. The van der Waals surface area contributed by atoms with Crippen LogP contribution in [-0.2, 0) is 7.05 Å². The molecule has 2 nitrogen and oxygen atoms in total. The fraction of sp³-hybridized carbons (Fsp3) is 0.500. The van der Waals surface area contributed by atoms with Crippen LogP contribution >= 0.6 is 24.4 Å². The zero-order valence-corrected chi connectivity index (χ0v) is 7.69. The molecule has 10 heavy (non-hydrogen) atoms. The average Bonchev–Trinajstić information content (AvgIpc) is 2.34. The van der Waals surface area contributed by atoms with Crippen molar-refractivity contribution in [2.24, 2.45) is 7.05 Å². The van der Waals surface area contributed by atoms with Gasteiger partial charge in [-0.15, -0.1) is 11.8 Å². The highest BCUT2D eigenvalue weighted by atomic mass is 32.2. The predicted octanol–water partition coefficient (Wildman–Crippen LogP) is 1.71. The first-order valence-corrected chi connectivity index (χ1v) is 4.74. The Bertz CT molecular complexity index is 209. The van der Waals surface area contributed by atoms with Crippen molar-refractivity contribution < 1.29 is 0 Å². The molecule has 0 saturated heterocycles. The number of thiol groups is 1. The Morgan fingerprint density at radius 1 is 1.80 bits per heavy atom. The monoisotopic (exact) mass is 174 g/mol. The third-order valence-electron chi connectivity index (χ3n) is 1.30. The van der Waals surface area contributed by atoms with E-state index in [1.54, 1.807) is 18.0 Å². The summed E-state index contributed by atoms with van der Waals surface area (Å²) >= 11 is 6.01. The maximum Gasteiger partial charge on any atom is 0.131 e. The standard InChI is InChI=1S/C6H10N2S2/c1-8-4-3-7-5(8)6(9)10-2/h3-4,6,9H,1-2H3. The van der Waals surface area contributed by atoms with Crippen LogP contribution in [-0.4, -0.2) is 15.8 Å². The highest BCUT2D eigenvalue weighted by Gasteiger charge is 2.07. The number of nitrogens with zero attached hydrogens (tertiary/aromatic N) is 2. The lowest BCUT2D eigenvalue weighted by Crippen LogP contribution is -1.96. The molecular weight excluding hydrogens is 164 g/mol. The van der Waals surface area contributed by atoms with Gasteiger partial charge in [0.05, 0.1) is 0 Å². The van der Waals surface area contributed by atoms with Crippen LogP contribution in [0, 0.1) is 0 Å². The van der Waals surface area contributed by atoms with E-state index in [1.165, 1.54) is 0 Å². The van der Waals surface area contributed by atoms with E-state index in [0.717, 1.165) is 5.82 Å². The SMILES string of the molecule is CSC(S)c1nccn1C. The number of hydrogen-bond donors (Lipinski definition) is 1. The molecule has 1 atom stereocenters. The van der Waals surface area contributed by atoms with Crippen LogP contribution in [0.4, 0.5) is 0 Å². The van der Waals surface area contributed by atoms with Crippen LogP contribution in [0.5, 0.6) is 0 Å². The second-order valence-electron chi connectivity index (χ2n) is 1.98. The van der Waals surface area contributed by atoms with Crippen molar-refractivity contribution >= 4 is 24.4 Å². The first-order chi connectivity index (χ1) is 4.75. The molecule has 0 N–H and O–H groups in total. The molecule has 56 valence electrons. The van der Waals surface area contributed by atoms with Gasteiger partial charge in [0.25, 0.3) is 0 Å². The third-order valence-corrected chi connectivity index (χ3v) is 2.82. The second-order valence-corrected chi connectivity index (χ2v) is 3.79. The van der Waals surface area contributed by atoms with Gasteiger partial charge in [0.1, 0.15) is 10.4 Å². The molecule has 0 bridgehead atoms. The fourth-order valence-corrected chi connectivity index (χ4v) is 1.41. The molecule has 0 aliphatic carbocycles. The van der Waals surface area contributed by atoms with Crippen LogP contribution in [0.25, 0.3) is 0 Å². The molecule has 1 unspecified atom stereocenters. The first kappa shape index (κ1) is 8.01. The number of aromatic nitrogens is 2. The number of imidazole rings is 1. The number of rotatable bonds is 2. The Morgan fingerprint density at radius 2 is 2.50 bits per heavy atom. The molecule has 0 aromatic carbocycles. The molecule has 0 fully saturated rings. The van der Waals surface area contributed by atoms with Gasteiger partial charge < -0.3 is 4.57 Å². The van der Waals surface area contributed by atoms with Crippen molar-refractivity contribution in [2.45, 2.75) is 4.58 Å². The summed E-state index contributed by atoms with van der Waals surface area (Å²) in [6.45, 7) is 0. The third kappa shape index (κ3) is 1.49. The van der Waals surface area contributed by atoms with Gasteiger partial charge in [-0.05, 0) is 6.26 Å². The summed E-state index contributed by atoms with van der Waals surface area (Å²) in [5, 5.41) is 0. The lowest BCUT2D eigenvalue weighted by atomic mass is 10.7. The summed E-state index contributed by atoms with van der Waals surface area (Å²) in [6, 6.07) is 0. The first-order valence-electron chi connectivity index (χ1n) is 2.93. The lowest BCUT2D eigenvalue weighted by molar-refractivity contribution is 0.846. The van der Waals surface area contributed by atoms with Gasteiger partial charge in [-0.3, -0.25) is 0 Å². The van der Waals surface area contributed by atoms with Crippen LogP contribution in [0.3, 0.4) is 0 Å². The Morgan fingerprint density at radius 3 is 2.90 bits per heavy atom. The molecule has 1 aromatic heterocycles. The minimum absolute atomic E-state index is 0.194. The van der Waals surface area contributed by atoms with Crippen LogP contribution < -0.4 is 0 Å². The van der Waals surface area contributed by atoms with Crippen molar-refractivity contribution in [1.29, 1.82) is 0 Å². The molecule has 1 heterocycles. The minimum atomic E-state index is 0.194. The van der Waals surface area contributed by atoms with Crippen molar-refractivity contribution in [3.8, 4) is 0 Å². The summed E-state index contributed by atoms with van der Waals surface area (Å²) in [4.78, 5) is 4.15. The topological polar surface area (TPSA) is 17.8 Å². The smallest absolute Gasteiger partial charge is 0.131 e. The summed E-state index contributed by atoms with van der Waals surface area (Å²) in [5.74, 6) is 1.01. The zero-order valence-electron chi connectivity index (χ0n) is 5.98. The molecule has 1 rings (SSSR count). The normalized spacial score (nSPS) is 13.5. The van der Waals surface area contributed by atoms with E-state index >= 15 is 0 Å². The van der Waals surface area contributed by atoms with Gasteiger partial charge in [-0.1, -0.05) is 0 Å². The lowest BCUT2D eigenvalue weighted by Gasteiger charge is -2.05. The summed E-state index contributed by atoms with van der Waals surface area (Å²) in [5.41, 5.74) is 0. The summed E-state index contributed by atoms with van der Waals surface area (Å²) < 4.78 is 2.17. The minimum Gasteiger partial charge on any atom is -0.336 e. The Balaban J connectivity index is 2.82. The maximum absolute atomic E-state index is 4.33. The second kappa shape index (κ2) is 3.34. The van der Waals surface area contributed by atoms with Gasteiger partial charge in [0.2, 0.25) is 0 Å². The van der Waals surface area contributed by atoms with Crippen molar-refractivity contribution in [1.82, 2.24) is 9.55 Å². The number of aryl methyl sites for hydroxylation is 1. The van der Waals surface area contributed by atoms with Gasteiger partial charge in [-0.2, -0.15) is 12.6 Å².